The van der Waals surface area contributed by atoms with E-state index in [-0.39, 0.29) is 5.75 Å². The molecule has 3 heterocycles. The Labute approximate surface area is 183 Å². The molecule has 0 radical (unpaired) electrons. The summed E-state index contributed by atoms with van der Waals surface area (Å²) < 4.78 is 27.8. The number of hydrogen-bond donors (Lipinski definition) is 0. The van der Waals surface area contributed by atoms with E-state index in [1.165, 1.54) is 38.7 Å². The number of rotatable bonds is 6. The van der Waals surface area contributed by atoms with E-state index in [1.54, 1.807) is 12.3 Å². The van der Waals surface area contributed by atoms with Crippen molar-refractivity contribution in [3.05, 3.63) is 36.4 Å². The van der Waals surface area contributed by atoms with Crippen molar-refractivity contribution in [2.75, 3.05) is 5.75 Å². The van der Waals surface area contributed by atoms with Gasteiger partial charge in [-0.05, 0) is 25.1 Å². The van der Waals surface area contributed by atoms with Gasteiger partial charge >= 0.3 is 17.9 Å². The fourth-order valence-corrected chi connectivity index (χ4v) is 4.37. The summed E-state index contributed by atoms with van der Waals surface area (Å²) in [5.41, 5.74) is -0.0137. The largest absolute Gasteiger partial charge is 0.474 e. The van der Waals surface area contributed by atoms with Crippen LogP contribution >= 0.6 is 11.8 Å². The van der Waals surface area contributed by atoms with Gasteiger partial charge in [0.2, 0.25) is 0 Å². The van der Waals surface area contributed by atoms with Crippen LogP contribution in [0.15, 0.2) is 35.0 Å². The summed E-state index contributed by atoms with van der Waals surface area (Å²) in [5, 5.41) is 0. The predicted molar refractivity (Wildman–Crippen MR) is 110 cm³/mol. The summed E-state index contributed by atoms with van der Waals surface area (Å²) in [7, 11) is 0. The summed E-state index contributed by atoms with van der Waals surface area (Å²) in [4.78, 5) is 39.1. The molecule has 0 saturated carbocycles. The lowest BCUT2D eigenvalue weighted by molar-refractivity contribution is -0.186. The summed E-state index contributed by atoms with van der Waals surface area (Å²) in [6, 6.07) is 5.42. The minimum absolute atomic E-state index is 0.282. The zero-order chi connectivity index (χ0) is 22.5. The van der Waals surface area contributed by atoms with Crippen molar-refractivity contribution in [3.8, 4) is 17.1 Å². The molecule has 1 aliphatic heterocycles. The van der Waals surface area contributed by atoms with Crippen LogP contribution in [0.25, 0.3) is 11.3 Å². The van der Waals surface area contributed by atoms with E-state index >= 15 is 0 Å². The highest BCUT2D eigenvalue weighted by Crippen LogP contribution is 2.35. The van der Waals surface area contributed by atoms with Gasteiger partial charge in [0.1, 0.15) is 17.3 Å². The maximum atomic E-state index is 11.8. The van der Waals surface area contributed by atoms with Crippen LogP contribution in [0.3, 0.4) is 0 Å². The quantitative estimate of drug-likeness (QED) is 0.482. The number of esters is 3. The van der Waals surface area contributed by atoms with Crippen LogP contribution in [0.4, 0.5) is 0 Å². The standard InChI is InChI=1S/C21H23NO8S/c1-11-5-6-17(26-11)15-7-16(9-22-8-15)30-21-20(29-14(4)25)19(28-13(3)24)18(10-31-21)27-12(2)23/h5-9,18-21H,10H2,1-4H3/t18-,19+,20-,21-/m1/s1. The van der Waals surface area contributed by atoms with E-state index in [4.69, 9.17) is 23.4 Å². The SMILES string of the molecule is CC(=O)O[C@@H]1[C@@H](OC(C)=O)[C@H](OC(C)=O)CS[C@H]1Oc1cncc(-c2ccc(C)o2)c1. The number of hydrogen-bond acceptors (Lipinski definition) is 10. The van der Waals surface area contributed by atoms with Gasteiger partial charge in [0.25, 0.3) is 0 Å². The highest BCUT2D eigenvalue weighted by molar-refractivity contribution is 7.99. The molecule has 2 aromatic heterocycles. The highest BCUT2D eigenvalue weighted by atomic mass is 32.2. The molecule has 0 aromatic carbocycles. The minimum atomic E-state index is -1.01. The van der Waals surface area contributed by atoms with E-state index in [1.807, 2.05) is 19.1 Å². The number of nitrogens with zero attached hydrogens (tertiary/aromatic N) is 1. The molecule has 166 valence electrons. The first-order chi connectivity index (χ1) is 14.7. The number of furan rings is 1. The Kier molecular flexibility index (Phi) is 7.21. The average Bonchev–Trinajstić information content (AvgIpc) is 3.12. The van der Waals surface area contributed by atoms with Crippen molar-refractivity contribution in [3.63, 3.8) is 0 Å². The van der Waals surface area contributed by atoms with Crippen LogP contribution in [0.1, 0.15) is 26.5 Å². The number of pyridine rings is 1. The second kappa shape index (κ2) is 9.86. The van der Waals surface area contributed by atoms with Crippen LogP contribution < -0.4 is 4.74 Å². The Morgan fingerprint density at radius 3 is 2.29 bits per heavy atom. The van der Waals surface area contributed by atoms with E-state index in [9.17, 15) is 14.4 Å². The Bertz CT molecular complexity index is 958. The lowest BCUT2D eigenvalue weighted by Gasteiger charge is -2.39. The van der Waals surface area contributed by atoms with E-state index < -0.39 is 41.7 Å². The lowest BCUT2D eigenvalue weighted by atomic mass is 10.1. The number of thioether (sulfide) groups is 1. The Hall–Kier alpha value is -3.01. The molecule has 0 bridgehead atoms. The fourth-order valence-electron chi connectivity index (χ4n) is 3.15. The number of aryl methyl sites for hydroxylation is 1. The fraction of sp³-hybridized carbons (Fsp3) is 0.429. The maximum Gasteiger partial charge on any atom is 0.303 e. The monoisotopic (exact) mass is 449 g/mol. The van der Waals surface area contributed by atoms with Gasteiger partial charge in [0.05, 0.1) is 6.20 Å². The third kappa shape index (κ3) is 6.00. The topological polar surface area (TPSA) is 114 Å². The van der Waals surface area contributed by atoms with Crippen molar-refractivity contribution >= 4 is 29.7 Å². The molecule has 0 amide bonds. The molecule has 3 rings (SSSR count). The number of carbonyl (C=O) groups is 3. The molecular weight excluding hydrogens is 426 g/mol. The molecule has 0 N–H and O–H groups in total. The van der Waals surface area contributed by atoms with E-state index in [0.717, 1.165) is 5.76 Å². The summed E-state index contributed by atoms with van der Waals surface area (Å²) >= 11 is 1.28. The molecule has 2 aromatic rings. The zero-order valence-electron chi connectivity index (χ0n) is 17.5. The van der Waals surface area contributed by atoms with Gasteiger partial charge < -0.3 is 23.4 Å². The maximum absolute atomic E-state index is 11.8. The summed E-state index contributed by atoms with van der Waals surface area (Å²) in [6.07, 6.45) is 0.357. The van der Waals surface area contributed by atoms with Crippen LogP contribution in [-0.2, 0) is 28.6 Å². The number of ether oxygens (including phenoxy) is 4. The minimum Gasteiger partial charge on any atom is -0.474 e. The van der Waals surface area contributed by atoms with Crippen LogP contribution in [0.5, 0.6) is 5.75 Å². The second-order valence-corrected chi connectivity index (χ2v) is 8.07. The molecule has 1 fully saturated rings. The predicted octanol–water partition coefficient (Wildman–Crippen LogP) is 2.90. The van der Waals surface area contributed by atoms with Gasteiger partial charge in [-0.25, -0.2) is 0 Å². The van der Waals surface area contributed by atoms with Gasteiger partial charge in [-0.2, -0.15) is 0 Å². The third-order valence-corrected chi connectivity index (χ3v) is 5.51. The van der Waals surface area contributed by atoms with Crippen molar-refractivity contribution < 1.29 is 37.7 Å². The molecular formula is C21H23NO8S. The van der Waals surface area contributed by atoms with E-state index in [0.29, 0.717) is 17.1 Å². The van der Waals surface area contributed by atoms with Crippen LogP contribution in [0, 0.1) is 6.92 Å². The zero-order valence-corrected chi connectivity index (χ0v) is 18.3. The molecule has 31 heavy (non-hydrogen) atoms. The van der Waals surface area contributed by atoms with Gasteiger partial charge in [-0.3, -0.25) is 19.4 Å². The first-order valence-electron chi connectivity index (χ1n) is 9.54. The molecule has 10 heteroatoms. The smallest absolute Gasteiger partial charge is 0.303 e. The third-order valence-electron chi connectivity index (χ3n) is 4.29. The van der Waals surface area contributed by atoms with Crippen molar-refractivity contribution in [2.45, 2.75) is 51.4 Å². The highest BCUT2D eigenvalue weighted by Gasteiger charge is 2.47. The summed E-state index contributed by atoms with van der Waals surface area (Å²) in [6.45, 7) is 5.57. The van der Waals surface area contributed by atoms with Crippen molar-refractivity contribution in [2.24, 2.45) is 0 Å². The summed E-state index contributed by atoms with van der Waals surface area (Å²) in [5.74, 6) is 0.378. The van der Waals surface area contributed by atoms with Crippen molar-refractivity contribution in [1.29, 1.82) is 0 Å². The molecule has 0 aliphatic carbocycles. The molecule has 0 spiro atoms. The molecule has 1 saturated heterocycles. The molecule has 1 aliphatic rings. The average molecular weight is 449 g/mol. The molecule has 4 atom stereocenters. The first kappa shape index (κ1) is 22.7. The first-order valence-corrected chi connectivity index (χ1v) is 10.6. The van der Waals surface area contributed by atoms with E-state index in [2.05, 4.69) is 4.98 Å². The number of carbonyl (C=O) groups excluding carboxylic acids is 3. The second-order valence-electron chi connectivity index (χ2n) is 6.94. The van der Waals surface area contributed by atoms with Gasteiger partial charge in [0, 0.05) is 38.3 Å². The van der Waals surface area contributed by atoms with Crippen molar-refractivity contribution in [1.82, 2.24) is 4.98 Å². The number of aromatic nitrogens is 1. The van der Waals surface area contributed by atoms with Gasteiger partial charge in [-0.15, -0.1) is 11.8 Å². The Balaban J connectivity index is 1.85. The van der Waals surface area contributed by atoms with Crippen LogP contribution in [-0.4, -0.2) is 52.4 Å². The van der Waals surface area contributed by atoms with Crippen LogP contribution in [0.2, 0.25) is 0 Å². The van der Waals surface area contributed by atoms with Gasteiger partial charge in [0.15, 0.2) is 23.7 Å². The van der Waals surface area contributed by atoms with Gasteiger partial charge in [-0.1, -0.05) is 0 Å². The molecule has 9 nitrogen and oxygen atoms in total. The Morgan fingerprint density at radius 1 is 1.00 bits per heavy atom. The lowest BCUT2D eigenvalue weighted by Crippen LogP contribution is -2.55. The molecule has 0 unspecified atom stereocenters. The normalized spacial score (nSPS) is 23.0. The Morgan fingerprint density at radius 2 is 1.68 bits per heavy atom.